The van der Waals surface area contributed by atoms with Crippen LogP contribution in [0.1, 0.15) is 21.9 Å². The fourth-order valence-electron chi connectivity index (χ4n) is 3.25. The summed E-state index contributed by atoms with van der Waals surface area (Å²) in [4.78, 5) is 16.8. The van der Waals surface area contributed by atoms with Gasteiger partial charge in [0.1, 0.15) is 5.82 Å². The Labute approximate surface area is 169 Å². The molecule has 0 saturated heterocycles. The van der Waals surface area contributed by atoms with Crippen molar-refractivity contribution in [3.8, 4) is 5.69 Å². The van der Waals surface area contributed by atoms with Crippen molar-refractivity contribution in [2.75, 3.05) is 6.54 Å². The van der Waals surface area contributed by atoms with Crippen molar-refractivity contribution in [2.45, 2.75) is 19.6 Å². The van der Waals surface area contributed by atoms with Crippen LogP contribution in [0.4, 0.5) is 13.2 Å². The van der Waals surface area contributed by atoms with Gasteiger partial charge in [-0.1, -0.05) is 29.5 Å². The van der Waals surface area contributed by atoms with Gasteiger partial charge in [-0.3, -0.25) is 4.79 Å². The number of hydrogen-bond acceptors (Lipinski definition) is 4. The lowest BCUT2D eigenvalue weighted by Gasteiger charge is -2.11. The average Bonchev–Trinajstić information content (AvgIpc) is 3.32. The van der Waals surface area contributed by atoms with Crippen LogP contribution in [0.3, 0.4) is 0 Å². The number of nitrogens with zero attached hydrogens (tertiary/aromatic N) is 5. The van der Waals surface area contributed by atoms with Gasteiger partial charge in [-0.2, -0.15) is 13.2 Å². The summed E-state index contributed by atoms with van der Waals surface area (Å²) in [5.74, 6) is 0.299. The summed E-state index contributed by atoms with van der Waals surface area (Å²) >= 11 is 0. The highest BCUT2D eigenvalue weighted by molar-refractivity contribution is 5.91. The first-order chi connectivity index (χ1) is 14.3. The first kappa shape index (κ1) is 19.6. The summed E-state index contributed by atoms with van der Waals surface area (Å²) in [5.41, 5.74) is 0.701. The topological polar surface area (TPSA) is 77.6 Å². The molecule has 0 bridgehead atoms. The molecule has 4 aromatic rings. The molecule has 0 fully saturated rings. The minimum Gasteiger partial charge on any atom is -0.349 e. The molecule has 1 amide bonds. The maximum Gasteiger partial charge on any atom is 0.418 e. The standard InChI is InChI=1S/C20H17F3N6O/c1-13-25-15-7-3-5-9-18(15)28(13)11-10-24-19(30)16-12-29(27-26-16)17-8-4-2-6-14(17)20(21,22)23/h2-9,12H,10-11H2,1H3,(H,24,30). The molecule has 0 spiro atoms. The molecule has 2 aromatic heterocycles. The van der Waals surface area contributed by atoms with E-state index in [-0.39, 0.29) is 11.4 Å². The van der Waals surface area contributed by atoms with Crippen molar-refractivity contribution in [2.24, 2.45) is 0 Å². The van der Waals surface area contributed by atoms with E-state index in [2.05, 4.69) is 20.6 Å². The number of carbonyl (C=O) groups excluding carboxylic acids is 1. The number of imidazole rings is 1. The van der Waals surface area contributed by atoms with E-state index in [1.807, 2.05) is 35.8 Å². The molecule has 0 aliphatic heterocycles. The van der Waals surface area contributed by atoms with Crippen molar-refractivity contribution in [3.63, 3.8) is 0 Å². The minimum atomic E-state index is -4.55. The Morgan fingerprint density at radius 1 is 1.10 bits per heavy atom. The van der Waals surface area contributed by atoms with Crippen molar-refractivity contribution >= 4 is 16.9 Å². The van der Waals surface area contributed by atoms with Gasteiger partial charge in [0.15, 0.2) is 5.69 Å². The Balaban J connectivity index is 1.46. The number of alkyl halides is 3. The normalized spacial score (nSPS) is 11.7. The number of halogens is 3. The molecule has 0 aliphatic rings. The number of nitrogens with one attached hydrogen (secondary N) is 1. The molecule has 2 heterocycles. The summed E-state index contributed by atoms with van der Waals surface area (Å²) in [5, 5.41) is 10.1. The molecule has 1 N–H and O–H groups in total. The van der Waals surface area contributed by atoms with Crippen molar-refractivity contribution in [1.82, 2.24) is 29.9 Å². The number of aromatic nitrogens is 5. The largest absolute Gasteiger partial charge is 0.418 e. The van der Waals surface area contributed by atoms with Crippen LogP contribution in [-0.4, -0.2) is 37.0 Å². The third-order valence-corrected chi connectivity index (χ3v) is 4.65. The number of carbonyl (C=O) groups is 1. The Bertz CT molecular complexity index is 1210. The zero-order valence-electron chi connectivity index (χ0n) is 15.9. The van der Waals surface area contributed by atoms with Gasteiger partial charge in [-0.05, 0) is 31.2 Å². The highest BCUT2D eigenvalue weighted by atomic mass is 19.4. The SMILES string of the molecule is Cc1nc2ccccc2n1CCNC(=O)c1cn(-c2ccccc2C(F)(F)F)nn1. The lowest BCUT2D eigenvalue weighted by molar-refractivity contribution is -0.137. The van der Waals surface area contributed by atoms with E-state index >= 15 is 0 Å². The molecule has 0 unspecified atom stereocenters. The van der Waals surface area contributed by atoms with E-state index in [1.54, 1.807) is 0 Å². The van der Waals surface area contributed by atoms with Crippen LogP contribution >= 0.6 is 0 Å². The van der Waals surface area contributed by atoms with Crippen molar-refractivity contribution in [1.29, 1.82) is 0 Å². The monoisotopic (exact) mass is 414 g/mol. The fraction of sp³-hybridized carbons (Fsp3) is 0.200. The zero-order chi connectivity index (χ0) is 21.3. The summed E-state index contributed by atoms with van der Waals surface area (Å²) < 4.78 is 42.5. The summed E-state index contributed by atoms with van der Waals surface area (Å²) in [6.45, 7) is 2.67. The van der Waals surface area contributed by atoms with Crippen LogP contribution in [0, 0.1) is 6.92 Å². The number of fused-ring (bicyclic) bond motifs is 1. The summed E-state index contributed by atoms with van der Waals surface area (Å²) in [7, 11) is 0. The Morgan fingerprint density at radius 3 is 2.63 bits per heavy atom. The van der Waals surface area contributed by atoms with Crippen LogP contribution in [0.25, 0.3) is 16.7 Å². The van der Waals surface area contributed by atoms with Gasteiger partial charge in [0.05, 0.1) is 28.5 Å². The Morgan fingerprint density at radius 2 is 1.83 bits per heavy atom. The molecule has 10 heteroatoms. The highest BCUT2D eigenvalue weighted by Crippen LogP contribution is 2.33. The zero-order valence-corrected chi connectivity index (χ0v) is 15.9. The third-order valence-electron chi connectivity index (χ3n) is 4.65. The number of benzene rings is 2. The van der Waals surface area contributed by atoms with Crippen LogP contribution in [0.5, 0.6) is 0 Å². The second kappa shape index (κ2) is 7.62. The molecule has 7 nitrogen and oxygen atoms in total. The van der Waals surface area contributed by atoms with Gasteiger partial charge < -0.3 is 9.88 Å². The molecule has 2 aromatic carbocycles. The van der Waals surface area contributed by atoms with E-state index in [4.69, 9.17) is 0 Å². The van der Waals surface area contributed by atoms with Crippen LogP contribution in [0.2, 0.25) is 0 Å². The van der Waals surface area contributed by atoms with Crippen molar-refractivity contribution in [3.05, 3.63) is 71.8 Å². The number of amides is 1. The van der Waals surface area contributed by atoms with Crippen LogP contribution in [-0.2, 0) is 12.7 Å². The highest BCUT2D eigenvalue weighted by Gasteiger charge is 2.34. The van der Waals surface area contributed by atoms with Gasteiger partial charge in [0, 0.05) is 13.1 Å². The molecule has 4 rings (SSSR count). The van der Waals surface area contributed by atoms with Gasteiger partial charge >= 0.3 is 6.18 Å². The van der Waals surface area contributed by atoms with E-state index in [1.165, 1.54) is 24.4 Å². The van der Waals surface area contributed by atoms with E-state index in [0.717, 1.165) is 27.6 Å². The molecular formula is C20H17F3N6O. The lowest BCUT2D eigenvalue weighted by atomic mass is 10.1. The summed E-state index contributed by atoms with van der Waals surface area (Å²) in [6, 6.07) is 12.6. The van der Waals surface area contributed by atoms with Gasteiger partial charge in [0.25, 0.3) is 5.91 Å². The minimum absolute atomic E-state index is 0.0702. The molecule has 30 heavy (non-hydrogen) atoms. The average molecular weight is 414 g/mol. The number of hydrogen-bond donors (Lipinski definition) is 1. The molecule has 0 aliphatic carbocycles. The van der Waals surface area contributed by atoms with Gasteiger partial charge in [-0.25, -0.2) is 9.67 Å². The quantitative estimate of drug-likeness (QED) is 0.543. The Hall–Kier alpha value is -3.69. The maximum absolute atomic E-state index is 13.2. The first-order valence-corrected chi connectivity index (χ1v) is 9.13. The van der Waals surface area contributed by atoms with E-state index < -0.39 is 17.6 Å². The van der Waals surface area contributed by atoms with Gasteiger partial charge in [0.2, 0.25) is 0 Å². The number of rotatable bonds is 5. The molecule has 0 saturated carbocycles. The van der Waals surface area contributed by atoms with E-state index in [0.29, 0.717) is 13.1 Å². The Kier molecular flexibility index (Phi) is 4.98. The molecule has 154 valence electrons. The fourth-order valence-corrected chi connectivity index (χ4v) is 3.25. The predicted octanol–water partition coefficient (Wildman–Crippen LogP) is 3.37. The van der Waals surface area contributed by atoms with Crippen LogP contribution in [0.15, 0.2) is 54.7 Å². The van der Waals surface area contributed by atoms with E-state index in [9.17, 15) is 18.0 Å². The number of aryl methyl sites for hydroxylation is 1. The summed E-state index contributed by atoms with van der Waals surface area (Å²) in [6.07, 6.45) is -3.37. The van der Waals surface area contributed by atoms with Crippen molar-refractivity contribution < 1.29 is 18.0 Å². The molecule has 0 radical (unpaired) electrons. The third kappa shape index (κ3) is 3.76. The smallest absolute Gasteiger partial charge is 0.349 e. The second-order valence-corrected chi connectivity index (χ2v) is 6.62. The van der Waals surface area contributed by atoms with Gasteiger partial charge in [-0.15, -0.1) is 5.10 Å². The maximum atomic E-state index is 13.2. The van der Waals surface area contributed by atoms with Crippen LogP contribution < -0.4 is 5.32 Å². The lowest BCUT2D eigenvalue weighted by Crippen LogP contribution is -2.27. The predicted molar refractivity (Wildman–Crippen MR) is 103 cm³/mol. The molecular weight excluding hydrogens is 397 g/mol. The first-order valence-electron chi connectivity index (χ1n) is 9.13. The molecule has 0 atom stereocenters. The number of para-hydroxylation sites is 3. The second-order valence-electron chi connectivity index (χ2n) is 6.62.